The van der Waals surface area contributed by atoms with E-state index in [1.165, 1.54) is 0 Å². The Morgan fingerprint density at radius 2 is 1.56 bits per heavy atom. The van der Waals surface area contributed by atoms with Crippen LogP contribution in [0.1, 0.15) is 12.8 Å². The zero-order chi connectivity index (χ0) is 19.5. The monoisotopic (exact) mass is 502 g/mol. The predicted molar refractivity (Wildman–Crippen MR) is 111 cm³/mol. The van der Waals surface area contributed by atoms with Crippen molar-refractivity contribution < 1.29 is 24.4 Å². The van der Waals surface area contributed by atoms with Crippen LogP contribution < -0.4 is 4.74 Å². The van der Waals surface area contributed by atoms with Crippen LogP contribution in [-0.4, -0.2) is 48.8 Å². The molecule has 4 rings (SSSR count). The van der Waals surface area contributed by atoms with Crippen molar-refractivity contribution in [3.8, 4) is 11.5 Å². The summed E-state index contributed by atoms with van der Waals surface area (Å²) in [6, 6.07) is 14.8. The molecule has 2 heterocycles. The van der Waals surface area contributed by atoms with Crippen LogP contribution in [0.15, 0.2) is 57.5 Å². The summed E-state index contributed by atoms with van der Waals surface area (Å²) >= 11 is 6.60. The quantitative estimate of drug-likeness (QED) is 0.629. The number of hydrogen-bond donors (Lipinski definition) is 2. The van der Waals surface area contributed by atoms with E-state index in [0.717, 1.165) is 40.8 Å². The molecule has 0 saturated carbocycles. The number of ether oxygens (including phenoxy) is 3. The van der Waals surface area contributed by atoms with Crippen LogP contribution in [0, 0.1) is 0 Å². The number of hydrogen-bond acceptors (Lipinski definition) is 5. The van der Waals surface area contributed by atoms with E-state index in [1.54, 1.807) is 18.2 Å². The fourth-order valence-electron chi connectivity index (χ4n) is 2.34. The van der Waals surface area contributed by atoms with Crippen molar-refractivity contribution >= 4 is 31.9 Å². The minimum atomic E-state index is -0.176. The molecule has 0 unspecified atom stereocenters. The summed E-state index contributed by atoms with van der Waals surface area (Å²) in [4.78, 5) is 0. The lowest BCUT2D eigenvalue weighted by molar-refractivity contribution is 0.127. The number of phenols is 1. The maximum atomic E-state index is 8.78. The highest BCUT2D eigenvalue weighted by atomic mass is 79.9. The minimum absolute atomic E-state index is 0.176. The molecule has 2 aromatic rings. The summed E-state index contributed by atoms with van der Waals surface area (Å²) in [5.41, 5.74) is 0. The van der Waals surface area contributed by atoms with Crippen molar-refractivity contribution in [2.45, 2.75) is 25.0 Å². The molecule has 27 heavy (non-hydrogen) atoms. The molecule has 2 N–H and O–H groups in total. The number of rotatable bonds is 2. The Morgan fingerprint density at radius 3 is 2.00 bits per heavy atom. The molecule has 148 valence electrons. The molecule has 2 fully saturated rings. The van der Waals surface area contributed by atoms with E-state index in [4.69, 9.17) is 24.4 Å². The first-order valence-electron chi connectivity index (χ1n) is 8.73. The van der Waals surface area contributed by atoms with Gasteiger partial charge in [-0.15, -0.1) is 0 Å². The lowest BCUT2D eigenvalue weighted by atomic mass is 10.3. The van der Waals surface area contributed by atoms with Crippen molar-refractivity contribution in [2.24, 2.45) is 0 Å². The number of aromatic hydroxyl groups is 1. The first-order valence-corrected chi connectivity index (χ1v) is 10.3. The molecule has 2 aromatic carbocycles. The van der Waals surface area contributed by atoms with Gasteiger partial charge in [-0.1, -0.05) is 44.0 Å². The molecule has 0 radical (unpaired) electrons. The van der Waals surface area contributed by atoms with Gasteiger partial charge in [0, 0.05) is 22.0 Å². The molecule has 2 aliphatic heterocycles. The van der Waals surface area contributed by atoms with Gasteiger partial charge in [0.05, 0.1) is 25.9 Å². The van der Waals surface area contributed by atoms with Gasteiger partial charge in [-0.05, 0) is 42.8 Å². The standard InChI is InChI=1S/C10H11BrO2.C6H5BrO.C4H8O2/c11-8-2-1-3-9(6-8)13-10-4-5-12-7-10;7-5-2-1-3-6(8)4-5;5-4-1-2-6-3-4/h1-3,6,10H,4-5,7H2;1-4,8H;4-5H,1-3H2/t10-;;4-/m0.1/s1. The molecule has 2 saturated heterocycles. The first kappa shape index (κ1) is 22.2. The number of aliphatic hydroxyl groups is 1. The van der Waals surface area contributed by atoms with Crippen molar-refractivity contribution in [1.29, 1.82) is 0 Å². The Balaban J connectivity index is 0.000000159. The number of benzene rings is 2. The second kappa shape index (κ2) is 12.4. The molecule has 7 heteroatoms. The molecule has 5 nitrogen and oxygen atoms in total. The van der Waals surface area contributed by atoms with E-state index in [9.17, 15) is 0 Å². The Labute approximate surface area is 176 Å². The van der Waals surface area contributed by atoms with Crippen LogP contribution in [0.4, 0.5) is 0 Å². The summed E-state index contributed by atoms with van der Waals surface area (Å²) < 4.78 is 17.7. The van der Waals surface area contributed by atoms with Gasteiger partial charge in [0.1, 0.15) is 17.6 Å². The topological polar surface area (TPSA) is 68.2 Å². The van der Waals surface area contributed by atoms with E-state index < -0.39 is 0 Å². The van der Waals surface area contributed by atoms with Gasteiger partial charge in [0.15, 0.2) is 0 Å². The molecule has 0 bridgehead atoms. The van der Waals surface area contributed by atoms with E-state index in [2.05, 4.69) is 31.9 Å². The third kappa shape index (κ3) is 9.58. The first-order chi connectivity index (χ1) is 13.0. The second-order valence-electron chi connectivity index (χ2n) is 6.06. The summed E-state index contributed by atoms with van der Waals surface area (Å²) in [5.74, 6) is 1.20. The van der Waals surface area contributed by atoms with Crippen LogP contribution in [0.25, 0.3) is 0 Å². The van der Waals surface area contributed by atoms with Crippen molar-refractivity contribution in [3.63, 3.8) is 0 Å². The van der Waals surface area contributed by atoms with Crippen LogP contribution in [0.2, 0.25) is 0 Å². The Kier molecular flexibility index (Phi) is 10.2. The highest BCUT2D eigenvalue weighted by Gasteiger charge is 2.16. The summed E-state index contributed by atoms with van der Waals surface area (Å²) in [6.45, 7) is 2.81. The van der Waals surface area contributed by atoms with E-state index in [1.807, 2.05) is 30.3 Å². The second-order valence-corrected chi connectivity index (χ2v) is 7.89. The van der Waals surface area contributed by atoms with Gasteiger partial charge in [-0.3, -0.25) is 0 Å². The van der Waals surface area contributed by atoms with Crippen molar-refractivity contribution in [2.75, 3.05) is 26.4 Å². The van der Waals surface area contributed by atoms with Gasteiger partial charge >= 0.3 is 0 Å². The lowest BCUT2D eigenvalue weighted by Crippen LogP contribution is -2.15. The normalized spacial score (nSPS) is 20.9. The van der Waals surface area contributed by atoms with Crippen molar-refractivity contribution in [3.05, 3.63) is 57.5 Å². The highest BCUT2D eigenvalue weighted by molar-refractivity contribution is 9.10. The van der Waals surface area contributed by atoms with Gasteiger partial charge < -0.3 is 24.4 Å². The van der Waals surface area contributed by atoms with E-state index in [-0.39, 0.29) is 12.2 Å². The van der Waals surface area contributed by atoms with Crippen LogP contribution in [0.3, 0.4) is 0 Å². The maximum absolute atomic E-state index is 8.78. The molecule has 0 spiro atoms. The third-order valence-corrected chi connectivity index (χ3v) is 4.69. The minimum Gasteiger partial charge on any atom is -0.508 e. The fraction of sp³-hybridized carbons (Fsp3) is 0.400. The number of phenolic OH excluding ortho intramolecular Hbond substituents is 1. The highest BCUT2D eigenvalue weighted by Crippen LogP contribution is 2.21. The Hall–Kier alpha value is -1.12. The summed E-state index contributed by atoms with van der Waals surface area (Å²) in [6.07, 6.45) is 1.87. The summed E-state index contributed by atoms with van der Waals surface area (Å²) in [5, 5.41) is 17.4. The molecule has 0 aromatic heterocycles. The average molecular weight is 504 g/mol. The van der Waals surface area contributed by atoms with Gasteiger partial charge in [-0.25, -0.2) is 0 Å². The van der Waals surface area contributed by atoms with Crippen molar-refractivity contribution in [1.82, 2.24) is 0 Å². The van der Waals surface area contributed by atoms with Gasteiger partial charge in [0.2, 0.25) is 0 Å². The van der Waals surface area contributed by atoms with Crippen LogP contribution in [0.5, 0.6) is 11.5 Å². The zero-order valence-corrected chi connectivity index (χ0v) is 18.1. The fourth-order valence-corrected chi connectivity index (χ4v) is 3.10. The Morgan fingerprint density at radius 1 is 0.889 bits per heavy atom. The molecule has 2 atom stereocenters. The molecule has 0 aliphatic carbocycles. The van der Waals surface area contributed by atoms with Gasteiger partial charge in [-0.2, -0.15) is 0 Å². The molecule has 0 amide bonds. The van der Waals surface area contributed by atoms with E-state index in [0.29, 0.717) is 19.0 Å². The Bertz CT molecular complexity index is 654. The van der Waals surface area contributed by atoms with Crippen LogP contribution >= 0.6 is 31.9 Å². The number of halogens is 2. The van der Waals surface area contributed by atoms with E-state index >= 15 is 0 Å². The van der Waals surface area contributed by atoms with Crippen LogP contribution in [-0.2, 0) is 9.47 Å². The summed E-state index contributed by atoms with van der Waals surface area (Å²) in [7, 11) is 0. The zero-order valence-electron chi connectivity index (χ0n) is 14.9. The maximum Gasteiger partial charge on any atom is 0.124 e. The van der Waals surface area contributed by atoms with Gasteiger partial charge in [0.25, 0.3) is 0 Å². The molecular weight excluding hydrogens is 480 g/mol. The SMILES string of the molecule is Brc1cccc(O[C@H]2CCOC2)c1.O[C@@H]1CCOC1.Oc1cccc(Br)c1. The smallest absolute Gasteiger partial charge is 0.124 e. The largest absolute Gasteiger partial charge is 0.508 e. The molecule has 2 aliphatic rings. The predicted octanol–water partition coefficient (Wildman–Crippen LogP) is 4.54. The third-order valence-electron chi connectivity index (χ3n) is 3.70. The lowest BCUT2D eigenvalue weighted by Gasteiger charge is -2.11. The number of aliphatic hydroxyl groups excluding tert-OH is 1. The average Bonchev–Trinajstić information content (AvgIpc) is 3.30. The molecular formula is C20H24Br2O5.